The Kier molecular flexibility index (Phi) is 5.98. The van der Waals surface area contributed by atoms with Gasteiger partial charge in [-0.2, -0.15) is 26.3 Å². The first kappa shape index (κ1) is 21.9. The topological polar surface area (TPSA) is 45.7 Å². The molecule has 0 radical (unpaired) electrons. The first-order chi connectivity index (χ1) is 14.0. The normalized spacial score (nSPS) is 20.8. The van der Waals surface area contributed by atoms with E-state index in [2.05, 4.69) is 15.6 Å². The Morgan fingerprint density at radius 3 is 2.07 bits per heavy atom. The van der Waals surface area contributed by atoms with Gasteiger partial charge in [-0.15, -0.1) is 0 Å². The number of benzene rings is 2. The summed E-state index contributed by atoms with van der Waals surface area (Å²) in [4.78, 5) is 4.04. The number of halogens is 6. The molecule has 0 spiro atoms. The second kappa shape index (κ2) is 8.17. The van der Waals surface area contributed by atoms with Gasteiger partial charge in [0.2, 0.25) is 0 Å². The Hall–Kier alpha value is -2.75. The number of alkyl halides is 6. The van der Waals surface area contributed by atoms with E-state index in [1.807, 2.05) is 30.3 Å². The van der Waals surface area contributed by atoms with Crippen molar-refractivity contribution < 1.29 is 31.1 Å². The van der Waals surface area contributed by atoms with E-state index < -0.39 is 35.6 Å². The standard InChI is InChI=1S/C20H19F6N3O/c1-27-17-28-11-18(29-17,14-5-3-2-4-6-14)12-30-10-13-7-15(19(21,22)23)9-16(8-13)20(24,25)26/h2-9H,10-12H2,1H3,(H2,27,28,29). The molecule has 0 aliphatic carbocycles. The fourth-order valence-corrected chi connectivity index (χ4v) is 3.23. The Bertz CT molecular complexity index is 879. The Labute approximate surface area is 169 Å². The lowest BCUT2D eigenvalue weighted by Gasteiger charge is -2.29. The van der Waals surface area contributed by atoms with Gasteiger partial charge in [-0.3, -0.25) is 4.99 Å². The summed E-state index contributed by atoms with van der Waals surface area (Å²) in [5.74, 6) is 0.515. The van der Waals surface area contributed by atoms with E-state index in [4.69, 9.17) is 4.74 Å². The van der Waals surface area contributed by atoms with Crippen LogP contribution in [0, 0.1) is 0 Å². The van der Waals surface area contributed by atoms with Gasteiger partial charge in [-0.1, -0.05) is 30.3 Å². The molecule has 0 saturated carbocycles. The van der Waals surface area contributed by atoms with E-state index >= 15 is 0 Å². The first-order valence-electron chi connectivity index (χ1n) is 8.94. The Morgan fingerprint density at radius 2 is 1.57 bits per heavy atom. The predicted octanol–water partition coefficient (Wildman–Crippen LogP) is 4.31. The summed E-state index contributed by atoms with van der Waals surface area (Å²) in [6.07, 6.45) is -9.80. The van der Waals surface area contributed by atoms with Gasteiger partial charge in [0.15, 0.2) is 5.96 Å². The molecule has 2 N–H and O–H groups in total. The van der Waals surface area contributed by atoms with Crippen molar-refractivity contribution in [2.24, 2.45) is 4.99 Å². The van der Waals surface area contributed by atoms with Gasteiger partial charge in [0.1, 0.15) is 5.54 Å². The van der Waals surface area contributed by atoms with Crippen LogP contribution in [0.1, 0.15) is 22.3 Å². The SMILES string of the molecule is CN=C1NCC(COCc2cc(C(F)(F)F)cc(C(F)(F)F)c2)(c2ccccc2)N1. The number of aliphatic imine (C=N–C) groups is 1. The van der Waals surface area contributed by atoms with Crippen LogP contribution in [0.25, 0.3) is 0 Å². The third-order valence-electron chi connectivity index (χ3n) is 4.73. The summed E-state index contributed by atoms with van der Waals surface area (Å²) in [7, 11) is 1.58. The second-order valence-electron chi connectivity index (χ2n) is 6.91. The molecule has 1 aliphatic rings. The zero-order valence-corrected chi connectivity index (χ0v) is 15.9. The number of guanidine groups is 1. The Balaban J connectivity index is 1.82. The van der Waals surface area contributed by atoms with Crippen molar-refractivity contribution in [3.05, 3.63) is 70.8 Å². The molecular weight excluding hydrogens is 412 g/mol. The molecule has 1 heterocycles. The first-order valence-corrected chi connectivity index (χ1v) is 8.94. The molecule has 2 aromatic rings. The number of nitrogens with zero attached hydrogens (tertiary/aromatic N) is 1. The summed E-state index contributed by atoms with van der Waals surface area (Å²) in [6, 6.07) is 10.6. The largest absolute Gasteiger partial charge is 0.416 e. The molecule has 1 saturated heterocycles. The van der Waals surface area contributed by atoms with Crippen molar-refractivity contribution >= 4 is 5.96 Å². The average Bonchev–Trinajstić information content (AvgIpc) is 3.12. The van der Waals surface area contributed by atoms with Crippen molar-refractivity contribution in [3.8, 4) is 0 Å². The van der Waals surface area contributed by atoms with Crippen LogP contribution in [0.2, 0.25) is 0 Å². The van der Waals surface area contributed by atoms with Crippen molar-refractivity contribution in [1.82, 2.24) is 10.6 Å². The van der Waals surface area contributed by atoms with Gasteiger partial charge in [-0.05, 0) is 29.3 Å². The third kappa shape index (κ3) is 4.86. The minimum absolute atomic E-state index is 0.000625. The number of hydrogen-bond donors (Lipinski definition) is 2. The summed E-state index contributed by atoms with van der Waals surface area (Å²) >= 11 is 0. The maximum absolute atomic E-state index is 13.0. The highest BCUT2D eigenvalue weighted by atomic mass is 19.4. The molecule has 0 aromatic heterocycles. The highest BCUT2D eigenvalue weighted by Crippen LogP contribution is 2.36. The van der Waals surface area contributed by atoms with Crippen molar-refractivity contribution in [2.45, 2.75) is 24.5 Å². The van der Waals surface area contributed by atoms with Crippen LogP contribution in [-0.2, 0) is 29.2 Å². The molecule has 0 amide bonds. The minimum Gasteiger partial charge on any atom is -0.374 e. The van der Waals surface area contributed by atoms with Gasteiger partial charge in [-0.25, -0.2) is 0 Å². The highest BCUT2D eigenvalue weighted by Gasteiger charge is 2.39. The fourth-order valence-electron chi connectivity index (χ4n) is 3.23. The maximum atomic E-state index is 13.0. The molecule has 1 aliphatic heterocycles. The summed E-state index contributed by atoms with van der Waals surface area (Å²) in [6.45, 7) is -0.0252. The minimum atomic E-state index is -4.90. The third-order valence-corrected chi connectivity index (χ3v) is 4.73. The van der Waals surface area contributed by atoms with Crippen molar-refractivity contribution in [1.29, 1.82) is 0 Å². The lowest BCUT2D eigenvalue weighted by atomic mass is 9.92. The number of rotatable bonds is 5. The quantitative estimate of drug-likeness (QED) is 0.694. The monoisotopic (exact) mass is 431 g/mol. The molecule has 10 heteroatoms. The second-order valence-corrected chi connectivity index (χ2v) is 6.91. The summed E-state index contributed by atoms with van der Waals surface area (Å²) in [5, 5.41) is 6.25. The van der Waals surface area contributed by atoms with Gasteiger partial charge < -0.3 is 15.4 Å². The van der Waals surface area contributed by atoms with E-state index in [0.717, 1.165) is 5.56 Å². The van der Waals surface area contributed by atoms with E-state index in [-0.39, 0.29) is 18.2 Å². The lowest BCUT2D eigenvalue weighted by Crippen LogP contribution is -2.45. The smallest absolute Gasteiger partial charge is 0.374 e. The van der Waals surface area contributed by atoms with E-state index in [9.17, 15) is 26.3 Å². The van der Waals surface area contributed by atoms with E-state index in [1.165, 1.54) is 0 Å². The highest BCUT2D eigenvalue weighted by molar-refractivity contribution is 5.83. The van der Waals surface area contributed by atoms with E-state index in [0.29, 0.717) is 24.6 Å². The predicted molar refractivity (Wildman–Crippen MR) is 98.7 cm³/mol. The molecule has 4 nitrogen and oxygen atoms in total. The molecule has 0 bridgehead atoms. The number of nitrogens with one attached hydrogen (secondary N) is 2. The molecule has 162 valence electrons. The lowest BCUT2D eigenvalue weighted by molar-refractivity contribution is -0.143. The molecule has 3 rings (SSSR count). The number of ether oxygens (including phenoxy) is 1. The van der Waals surface area contributed by atoms with E-state index in [1.54, 1.807) is 7.05 Å². The van der Waals surface area contributed by atoms with Gasteiger partial charge in [0.05, 0.1) is 24.3 Å². The van der Waals surface area contributed by atoms with Gasteiger partial charge >= 0.3 is 12.4 Å². The van der Waals surface area contributed by atoms with Crippen LogP contribution in [0.5, 0.6) is 0 Å². The molecule has 1 unspecified atom stereocenters. The average molecular weight is 431 g/mol. The van der Waals surface area contributed by atoms with Crippen LogP contribution in [0.15, 0.2) is 53.5 Å². The zero-order chi connectivity index (χ0) is 22.0. The van der Waals surface area contributed by atoms with Crippen LogP contribution >= 0.6 is 0 Å². The van der Waals surface area contributed by atoms with Crippen molar-refractivity contribution in [3.63, 3.8) is 0 Å². The van der Waals surface area contributed by atoms with Gasteiger partial charge in [0, 0.05) is 13.6 Å². The van der Waals surface area contributed by atoms with Crippen LogP contribution in [0.3, 0.4) is 0 Å². The molecule has 30 heavy (non-hydrogen) atoms. The van der Waals surface area contributed by atoms with Crippen molar-refractivity contribution in [2.75, 3.05) is 20.2 Å². The molecule has 2 aromatic carbocycles. The molecule has 1 atom stereocenters. The zero-order valence-electron chi connectivity index (χ0n) is 15.9. The summed E-state index contributed by atoms with van der Waals surface area (Å²) in [5.41, 5.74) is -2.86. The number of hydrogen-bond acceptors (Lipinski definition) is 2. The Morgan fingerprint density at radius 1 is 0.967 bits per heavy atom. The van der Waals surface area contributed by atoms with Crippen LogP contribution in [0.4, 0.5) is 26.3 Å². The summed E-state index contributed by atoms with van der Waals surface area (Å²) < 4.78 is 83.8. The van der Waals surface area contributed by atoms with Crippen LogP contribution in [-0.4, -0.2) is 26.2 Å². The molecule has 1 fully saturated rings. The fraction of sp³-hybridized carbons (Fsp3) is 0.350. The van der Waals surface area contributed by atoms with Gasteiger partial charge in [0.25, 0.3) is 0 Å². The molecular formula is C20H19F6N3O. The van der Waals surface area contributed by atoms with Crippen LogP contribution < -0.4 is 10.6 Å². The maximum Gasteiger partial charge on any atom is 0.416 e.